The molecule has 1 aromatic carbocycles. The molecule has 0 spiro atoms. The zero-order chi connectivity index (χ0) is 22.2. The van der Waals surface area contributed by atoms with E-state index in [1.807, 2.05) is 0 Å². The Bertz CT molecular complexity index is 1040. The summed E-state index contributed by atoms with van der Waals surface area (Å²) in [6, 6.07) is 4.12. The van der Waals surface area contributed by atoms with Crippen LogP contribution in [0.5, 0.6) is 0 Å². The van der Waals surface area contributed by atoms with Crippen molar-refractivity contribution < 1.29 is 27.9 Å². The smallest absolute Gasteiger partial charge is 0.352 e. The molecule has 10 nitrogen and oxygen atoms in total. The van der Waals surface area contributed by atoms with E-state index >= 15 is 0 Å². The number of sulfonamides is 1. The first-order valence-electron chi connectivity index (χ1n) is 9.10. The molecular formula is C18H22N4O6S2. The summed E-state index contributed by atoms with van der Waals surface area (Å²) in [4.78, 5) is 37.7. The highest BCUT2D eigenvalue weighted by Crippen LogP contribution is 2.40. The topological polar surface area (TPSA) is 159 Å². The fourth-order valence-electron chi connectivity index (χ4n) is 3.22. The molecule has 0 aromatic heterocycles. The van der Waals surface area contributed by atoms with Crippen LogP contribution in [-0.4, -0.2) is 59.1 Å². The zero-order valence-electron chi connectivity index (χ0n) is 16.3. The van der Waals surface area contributed by atoms with Crippen LogP contribution in [0, 0.1) is 0 Å². The lowest BCUT2D eigenvalue weighted by Gasteiger charge is -2.49. The van der Waals surface area contributed by atoms with E-state index in [1.165, 1.54) is 35.7 Å². The van der Waals surface area contributed by atoms with Crippen LogP contribution in [0.4, 0.5) is 5.69 Å². The van der Waals surface area contributed by atoms with Crippen LogP contribution in [0.25, 0.3) is 0 Å². The third-order valence-corrected chi connectivity index (χ3v) is 7.57. The van der Waals surface area contributed by atoms with Gasteiger partial charge in [0.05, 0.1) is 5.75 Å². The number of thioether (sulfide) groups is 1. The van der Waals surface area contributed by atoms with Crippen molar-refractivity contribution in [2.75, 3.05) is 16.2 Å². The first-order chi connectivity index (χ1) is 14.1. The third-order valence-electron chi connectivity index (χ3n) is 4.84. The number of anilines is 1. The highest BCUT2D eigenvalue weighted by molar-refractivity contribution is 8.00. The van der Waals surface area contributed by atoms with E-state index in [1.54, 1.807) is 19.1 Å². The van der Waals surface area contributed by atoms with Gasteiger partial charge in [-0.25, -0.2) is 13.2 Å². The number of rotatable bonds is 7. The van der Waals surface area contributed by atoms with Gasteiger partial charge in [0.1, 0.15) is 23.2 Å². The van der Waals surface area contributed by atoms with E-state index in [-0.39, 0.29) is 17.1 Å². The zero-order valence-corrected chi connectivity index (χ0v) is 17.9. The average molecular weight is 455 g/mol. The van der Waals surface area contributed by atoms with Crippen molar-refractivity contribution in [2.24, 2.45) is 5.73 Å². The van der Waals surface area contributed by atoms with Crippen molar-refractivity contribution in [3.05, 3.63) is 41.1 Å². The van der Waals surface area contributed by atoms with Crippen molar-refractivity contribution >= 4 is 45.3 Å². The summed E-state index contributed by atoms with van der Waals surface area (Å²) in [6.07, 6.45) is 0. The molecule has 0 bridgehead atoms. The predicted octanol–water partition coefficient (Wildman–Crippen LogP) is 0.207. The molecule has 2 aliphatic heterocycles. The largest absolute Gasteiger partial charge is 0.477 e. The van der Waals surface area contributed by atoms with Crippen LogP contribution < -0.4 is 15.8 Å². The first kappa shape index (κ1) is 22.1. The number of carbonyl (C=O) groups excluding carboxylic acids is 2. The molecule has 12 heteroatoms. The van der Waals surface area contributed by atoms with Gasteiger partial charge in [0, 0.05) is 11.4 Å². The van der Waals surface area contributed by atoms with Crippen molar-refractivity contribution in [1.82, 2.24) is 10.2 Å². The number of amides is 2. The molecule has 1 saturated heterocycles. The second-order valence-electron chi connectivity index (χ2n) is 6.94. The fourth-order valence-corrected chi connectivity index (χ4v) is 5.14. The van der Waals surface area contributed by atoms with E-state index in [0.717, 1.165) is 0 Å². The van der Waals surface area contributed by atoms with Crippen LogP contribution in [0.15, 0.2) is 35.5 Å². The van der Waals surface area contributed by atoms with E-state index < -0.39 is 45.3 Å². The molecule has 162 valence electrons. The lowest BCUT2D eigenvalue weighted by molar-refractivity contribution is -0.150. The average Bonchev–Trinajstić information content (AvgIpc) is 2.70. The van der Waals surface area contributed by atoms with Crippen LogP contribution >= 0.6 is 11.8 Å². The summed E-state index contributed by atoms with van der Waals surface area (Å²) < 4.78 is 25.9. The van der Waals surface area contributed by atoms with Crippen LogP contribution in [0.1, 0.15) is 25.5 Å². The summed E-state index contributed by atoms with van der Waals surface area (Å²) in [6.45, 7) is 3.15. The van der Waals surface area contributed by atoms with Crippen molar-refractivity contribution in [3.8, 4) is 0 Å². The summed E-state index contributed by atoms with van der Waals surface area (Å²) in [5.74, 6) is -1.97. The molecule has 3 rings (SSSR count). The SMILES string of the molecule is CCS(=O)(=O)Nc1cccc([C@@H](N)C(=O)NC2C(=O)N3C(C(=O)O)=C(C)CS[C@H]23)c1. The Balaban J connectivity index is 1.70. The van der Waals surface area contributed by atoms with Crippen LogP contribution in [0.3, 0.4) is 0 Å². The lowest BCUT2D eigenvalue weighted by atomic mass is 10.0. The van der Waals surface area contributed by atoms with Crippen molar-refractivity contribution in [2.45, 2.75) is 31.3 Å². The van der Waals surface area contributed by atoms with E-state index in [9.17, 15) is 27.9 Å². The molecule has 30 heavy (non-hydrogen) atoms. The maximum atomic E-state index is 12.6. The summed E-state index contributed by atoms with van der Waals surface area (Å²) in [5.41, 5.74) is 7.20. The van der Waals surface area contributed by atoms with Gasteiger partial charge < -0.3 is 16.2 Å². The van der Waals surface area contributed by atoms with Gasteiger partial charge in [0.2, 0.25) is 15.9 Å². The van der Waals surface area contributed by atoms with Gasteiger partial charge in [-0.05, 0) is 37.1 Å². The molecule has 2 heterocycles. The Morgan fingerprint density at radius 1 is 1.40 bits per heavy atom. The molecule has 1 unspecified atom stereocenters. The van der Waals surface area contributed by atoms with Crippen molar-refractivity contribution in [1.29, 1.82) is 0 Å². The Morgan fingerprint density at radius 3 is 2.73 bits per heavy atom. The van der Waals surface area contributed by atoms with Crippen molar-refractivity contribution in [3.63, 3.8) is 0 Å². The number of nitrogens with one attached hydrogen (secondary N) is 2. The number of carbonyl (C=O) groups is 3. The van der Waals surface area contributed by atoms with Gasteiger partial charge in [0.25, 0.3) is 5.91 Å². The maximum absolute atomic E-state index is 12.6. The highest BCUT2D eigenvalue weighted by atomic mass is 32.2. The maximum Gasteiger partial charge on any atom is 0.352 e. The minimum absolute atomic E-state index is 0.0468. The monoisotopic (exact) mass is 454 g/mol. The molecule has 1 fully saturated rings. The number of hydrogen-bond acceptors (Lipinski definition) is 7. The van der Waals surface area contributed by atoms with E-state index in [4.69, 9.17) is 5.73 Å². The molecule has 5 N–H and O–H groups in total. The second kappa shape index (κ2) is 8.28. The Hall–Kier alpha value is -2.57. The Kier molecular flexibility index (Phi) is 6.11. The van der Waals surface area contributed by atoms with E-state index in [2.05, 4.69) is 10.0 Å². The lowest BCUT2D eigenvalue weighted by Crippen LogP contribution is -2.71. The number of carboxylic acids is 1. The summed E-state index contributed by atoms with van der Waals surface area (Å²) in [5, 5.41) is 11.4. The molecule has 1 aromatic rings. The molecule has 2 aliphatic rings. The predicted molar refractivity (Wildman–Crippen MR) is 112 cm³/mol. The number of benzene rings is 1. The van der Waals surface area contributed by atoms with Gasteiger partial charge in [-0.15, -0.1) is 11.8 Å². The number of β-lactam (4-membered cyclic amide) rings is 1. The minimum atomic E-state index is -3.48. The number of carboxylic acid groups (broad SMARTS) is 1. The fraction of sp³-hybridized carbons (Fsp3) is 0.389. The molecule has 0 saturated carbocycles. The van der Waals surface area contributed by atoms with Gasteiger partial charge in [-0.3, -0.25) is 19.2 Å². The standard InChI is InChI=1S/C18H22N4O6S2/c1-3-30(27,28)21-11-6-4-5-10(7-11)12(19)15(23)20-13-16(24)22-14(18(25)26)9(2)8-29-17(13)22/h4-7,12-13,17,21H,3,8,19H2,1-2H3,(H,20,23)(H,25,26)/t12-,13?,17-/m1/s1. The number of aliphatic carboxylic acids is 1. The summed E-state index contributed by atoms with van der Waals surface area (Å²) in [7, 11) is -3.48. The molecule has 2 amide bonds. The van der Waals surface area contributed by atoms with E-state index in [0.29, 0.717) is 16.9 Å². The van der Waals surface area contributed by atoms with Crippen LogP contribution in [0.2, 0.25) is 0 Å². The minimum Gasteiger partial charge on any atom is -0.477 e. The molecule has 3 atom stereocenters. The quantitative estimate of drug-likeness (QED) is 0.425. The highest BCUT2D eigenvalue weighted by Gasteiger charge is 2.53. The first-order valence-corrected chi connectivity index (χ1v) is 11.8. The normalized spacial score (nSPS) is 22.1. The molecule has 0 aliphatic carbocycles. The third kappa shape index (κ3) is 4.16. The Labute approximate surface area is 177 Å². The summed E-state index contributed by atoms with van der Waals surface area (Å²) >= 11 is 1.37. The number of fused-ring (bicyclic) bond motifs is 1. The van der Waals surface area contributed by atoms with Gasteiger partial charge in [-0.2, -0.15) is 0 Å². The van der Waals surface area contributed by atoms with Gasteiger partial charge in [0.15, 0.2) is 0 Å². The van der Waals surface area contributed by atoms with Gasteiger partial charge >= 0.3 is 5.97 Å². The second-order valence-corrected chi connectivity index (χ2v) is 10.1. The number of nitrogens with zero attached hydrogens (tertiary/aromatic N) is 1. The Morgan fingerprint density at radius 2 is 2.10 bits per heavy atom. The number of nitrogens with two attached hydrogens (primary N) is 1. The van der Waals surface area contributed by atoms with Gasteiger partial charge in [-0.1, -0.05) is 12.1 Å². The van der Waals surface area contributed by atoms with Crippen LogP contribution in [-0.2, 0) is 24.4 Å². The molecule has 0 radical (unpaired) electrons. The number of hydrogen-bond donors (Lipinski definition) is 4. The molecular weight excluding hydrogens is 432 g/mol.